The van der Waals surface area contributed by atoms with Gasteiger partial charge in [-0.05, 0) is 25.9 Å². The van der Waals surface area contributed by atoms with E-state index in [0.717, 1.165) is 6.54 Å². The van der Waals surface area contributed by atoms with Gasteiger partial charge in [0, 0.05) is 6.54 Å². The third-order valence-corrected chi connectivity index (χ3v) is 1.84. The molecule has 0 amide bonds. The first kappa shape index (κ1) is 13.8. The van der Waals surface area contributed by atoms with Gasteiger partial charge in [-0.3, -0.25) is 4.90 Å². The first-order valence-corrected chi connectivity index (χ1v) is 5.66. The molecule has 84 valence electrons. The summed E-state index contributed by atoms with van der Waals surface area (Å²) in [5, 5.41) is 0. The molecule has 1 fully saturated rings. The summed E-state index contributed by atoms with van der Waals surface area (Å²) in [5.74, 6) is 0. The van der Waals surface area contributed by atoms with Gasteiger partial charge in [0.2, 0.25) is 0 Å². The van der Waals surface area contributed by atoms with Crippen LogP contribution in [0.1, 0.15) is 19.3 Å². The summed E-state index contributed by atoms with van der Waals surface area (Å²) >= 11 is 0. The van der Waals surface area contributed by atoms with Crippen LogP contribution in [0.4, 0.5) is 0 Å². The van der Waals surface area contributed by atoms with Gasteiger partial charge in [-0.15, -0.1) is 6.58 Å². The minimum Gasteiger partial charge on any atom is -0.300 e. The van der Waals surface area contributed by atoms with Crippen LogP contribution in [-0.2, 0) is 0 Å². The Balaban J connectivity index is 0.000000292. The van der Waals surface area contributed by atoms with E-state index in [0.29, 0.717) is 0 Å². The van der Waals surface area contributed by atoms with E-state index in [1.807, 2.05) is 6.08 Å². The molecule has 0 aromatic heterocycles. The Morgan fingerprint density at radius 2 is 1.64 bits per heavy atom. The Hall–Kier alpha value is -0.170. The van der Waals surface area contributed by atoms with E-state index < -0.39 is 10.2 Å². The molecule has 1 aliphatic heterocycles. The van der Waals surface area contributed by atoms with Crippen molar-refractivity contribution in [2.24, 2.45) is 0 Å². The minimum atomic E-state index is -4.69. The molecule has 1 aliphatic rings. The number of piperidine rings is 1. The van der Waals surface area contributed by atoms with Crippen LogP contribution in [0.2, 0.25) is 0 Å². The molecular weight excluding hydrogens is 210 g/mol. The van der Waals surface area contributed by atoms with Gasteiger partial charge < -0.3 is 0 Å². The number of likely N-dealkylation sites (tertiary alicyclic amines) is 1. The maximum atomic E-state index is 8.60. The first-order valence-electron chi connectivity index (χ1n) is 4.40. The zero-order chi connectivity index (χ0) is 11.0. The van der Waals surface area contributed by atoms with E-state index in [9.17, 15) is 0 Å². The average molecular weight is 226 g/mol. The molecule has 0 aromatic rings. The molecule has 5 nitrogen and oxygen atoms in total. The summed E-state index contributed by atoms with van der Waals surface area (Å²) in [4.78, 5) is 2.45. The van der Waals surface area contributed by atoms with Crippen molar-refractivity contribution in [3.05, 3.63) is 12.7 Å². The molecule has 0 radical (unpaired) electrons. The summed E-state index contributed by atoms with van der Waals surface area (Å²) in [6.45, 7) is 7.36. The number of hydrogen-bond acceptors (Lipinski definition) is 5. The third-order valence-electron chi connectivity index (χ3n) is 1.84. The Labute approximate surface area is 86.0 Å². The number of rotatable bonds is 2. The maximum absolute atomic E-state index is 8.60. The minimum absolute atomic E-state index is 1.08. The van der Waals surface area contributed by atoms with Crippen molar-refractivity contribution in [3.63, 3.8) is 0 Å². The number of halogens is 1. The van der Waals surface area contributed by atoms with Crippen molar-refractivity contribution in [3.8, 4) is 0 Å². The van der Waals surface area contributed by atoms with Crippen LogP contribution in [0.5, 0.6) is 0 Å². The summed E-state index contributed by atoms with van der Waals surface area (Å²) in [6.07, 6.45) is 6.18. The van der Waals surface area contributed by atoms with Gasteiger partial charge in [0.1, 0.15) is 0 Å². The largest absolute Gasteiger partial charge is 0.300 e. The van der Waals surface area contributed by atoms with Gasteiger partial charge in [0.05, 0.1) is 14.9 Å². The van der Waals surface area contributed by atoms with E-state index in [-0.39, 0.29) is 0 Å². The highest BCUT2D eigenvalue weighted by Gasteiger charge is 2.06. The van der Waals surface area contributed by atoms with E-state index in [4.69, 9.17) is 18.6 Å². The van der Waals surface area contributed by atoms with Crippen LogP contribution in [0.25, 0.3) is 0 Å². The van der Waals surface area contributed by atoms with Crippen molar-refractivity contribution in [1.82, 2.24) is 4.90 Å². The summed E-state index contributed by atoms with van der Waals surface area (Å²) in [5.41, 5.74) is 0. The predicted molar refractivity (Wildman–Crippen MR) is 42.7 cm³/mol. The molecule has 14 heavy (non-hydrogen) atoms. The van der Waals surface area contributed by atoms with Crippen LogP contribution in [-0.4, -0.2) is 29.2 Å². The number of hydrogen-bond donors (Lipinski definition) is 1. The lowest BCUT2D eigenvalue weighted by atomic mass is 10.1. The summed E-state index contributed by atoms with van der Waals surface area (Å²) < 4.78 is 32.7. The molecule has 1 saturated heterocycles. The molecule has 0 aliphatic carbocycles. The maximum Gasteiger partial charge on any atom is 0.0777 e. The Kier molecular flexibility index (Phi) is 7.08. The molecule has 1 heterocycles. The van der Waals surface area contributed by atoms with Crippen molar-refractivity contribution in [2.45, 2.75) is 19.3 Å². The highest BCUT2D eigenvalue weighted by molar-refractivity contribution is 4.75. The SMILES string of the molecule is C=CCN1CCCCC1.[O-][Cl+3]([O-])([O-])O. The fourth-order valence-corrected chi connectivity index (χ4v) is 1.32. The quantitative estimate of drug-likeness (QED) is 0.526. The van der Waals surface area contributed by atoms with Gasteiger partial charge in [0.25, 0.3) is 0 Å². The second-order valence-corrected chi connectivity index (χ2v) is 3.84. The first-order chi connectivity index (χ1) is 6.43. The topological polar surface area (TPSA) is 92.7 Å². The number of nitrogens with zero attached hydrogens (tertiary/aromatic N) is 1. The molecule has 0 atom stereocenters. The smallest absolute Gasteiger partial charge is 0.0777 e. The zero-order valence-corrected chi connectivity index (χ0v) is 8.78. The van der Waals surface area contributed by atoms with Crippen molar-refractivity contribution in [2.75, 3.05) is 19.6 Å². The predicted octanol–water partition coefficient (Wildman–Crippen LogP) is -2.47. The van der Waals surface area contributed by atoms with Crippen LogP contribution >= 0.6 is 0 Å². The highest BCUT2D eigenvalue weighted by atomic mass is 35.7. The average Bonchev–Trinajstić information content (AvgIpc) is 2.03. The van der Waals surface area contributed by atoms with Crippen LogP contribution in [0.15, 0.2) is 12.7 Å². The van der Waals surface area contributed by atoms with Gasteiger partial charge in [0.15, 0.2) is 0 Å². The molecular formula is C8H16ClNO4. The van der Waals surface area contributed by atoms with E-state index in [2.05, 4.69) is 11.5 Å². The Morgan fingerprint density at radius 1 is 1.21 bits per heavy atom. The van der Waals surface area contributed by atoms with Crippen molar-refractivity contribution in [1.29, 1.82) is 0 Å². The van der Waals surface area contributed by atoms with Crippen molar-refractivity contribution >= 4 is 0 Å². The van der Waals surface area contributed by atoms with Crippen LogP contribution in [0.3, 0.4) is 0 Å². The van der Waals surface area contributed by atoms with Gasteiger partial charge >= 0.3 is 0 Å². The Bertz CT molecular complexity index is 148. The highest BCUT2D eigenvalue weighted by Crippen LogP contribution is 2.07. The molecule has 0 bridgehead atoms. The fourth-order valence-electron chi connectivity index (χ4n) is 1.32. The molecule has 1 rings (SSSR count). The van der Waals surface area contributed by atoms with E-state index in [1.54, 1.807) is 0 Å². The van der Waals surface area contributed by atoms with E-state index in [1.165, 1.54) is 32.4 Å². The second-order valence-electron chi connectivity index (χ2n) is 3.05. The Morgan fingerprint density at radius 3 is 2.00 bits per heavy atom. The zero-order valence-electron chi connectivity index (χ0n) is 8.02. The fraction of sp³-hybridized carbons (Fsp3) is 0.750. The molecule has 1 N–H and O–H groups in total. The lowest BCUT2D eigenvalue weighted by Crippen LogP contribution is -2.58. The molecule has 0 spiro atoms. The monoisotopic (exact) mass is 225 g/mol. The van der Waals surface area contributed by atoms with Crippen LogP contribution in [0, 0.1) is 10.2 Å². The molecule has 0 saturated carbocycles. The van der Waals surface area contributed by atoms with Gasteiger partial charge in [-0.25, -0.2) is 0 Å². The van der Waals surface area contributed by atoms with Gasteiger partial charge in [-0.1, -0.05) is 12.5 Å². The lowest BCUT2D eigenvalue weighted by molar-refractivity contribution is -1.92. The standard InChI is InChI=1S/C8H15N.ClHO4/c1-2-6-9-7-4-3-5-8-9;2-1(3,4)5/h2H,1,3-8H2;(H,2,3,4,5). The summed E-state index contributed by atoms with van der Waals surface area (Å²) in [6, 6.07) is 0. The van der Waals surface area contributed by atoms with Crippen LogP contribution < -0.4 is 14.0 Å². The molecule has 0 aromatic carbocycles. The van der Waals surface area contributed by atoms with Crippen molar-refractivity contribution < 1.29 is 28.9 Å². The second kappa shape index (κ2) is 7.17. The summed E-state index contributed by atoms with van der Waals surface area (Å²) in [7, 11) is -4.69. The normalized spacial score (nSPS) is 18.3. The van der Waals surface area contributed by atoms with Gasteiger partial charge in [-0.2, -0.15) is 14.0 Å². The lowest BCUT2D eigenvalue weighted by Gasteiger charge is -2.24. The third kappa shape index (κ3) is 11.8. The van der Waals surface area contributed by atoms with E-state index >= 15 is 0 Å². The molecule has 6 heteroatoms. The molecule has 0 unspecified atom stereocenters.